The highest BCUT2D eigenvalue weighted by atomic mass is 16.5. The molecule has 3 fully saturated rings. The van der Waals surface area contributed by atoms with Crippen molar-refractivity contribution in [2.45, 2.75) is 96.3 Å². The summed E-state index contributed by atoms with van der Waals surface area (Å²) in [5, 5.41) is 3.52. The molecule has 2 aliphatic carbocycles. The van der Waals surface area contributed by atoms with Crippen LogP contribution in [0.15, 0.2) is 0 Å². The molecule has 22 heavy (non-hydrogen) atoms. The molecule has 2 saturated carbocycles. The Morgan fingerprint density at radius 1 is 0.909 bits per heavy atom. The maximum Gasteiger partial charge on any atom is 0.223 e. The van der Waals surface area contributed by atoms with Crippen molar-refractivity contribution in [3.05, 3.63) is 0 Å². The third kappa shape index (κ3) is 3.84. The third-order valence-electron chi connectivity index (χ3n) is 6.19. The van der Waals surface area contributed by atoms with E-state index >= 15 is 0 Å². The van der Waals surface area contributed by atoms with Gasteiger partial charge in [0.2, 0.25) is 5.91 Å². The van der Waals surface area contributed by atoms with Crippen LogP contribution in [-0.2, 0) is 9.53 Å². The van der Waals surface area contributed by atoms with E-state index in [0.717, 1.165) is 24.7 Å². The van der Waals surface area contributed by atoms with Gasteiger partial charge in [-0.05, 0) is 64.2 Å². The van der Waals surface area contributed by atoms with Crippen LogP contribution in [0.4, 0.5) is 0 Å². The molecule has 0 bridgehead atoms. The summed E-state index contributed by atoms with van der Waals surface area (Å²) in [6, 6.07) is 0.450. The zero-order valence-corrected chi connectivity index (χ0v) is 14.4. The van der Waals surface area contributed by atoms with E-state index in [-0.39, 0.29) is 18.1 Å². The zero-order valence-electron chi connectivity index (χ0n) is 14.4. The number of rotatable bonds is 4. The van der Waals surface area contributed by atoms with Gasteiger partial charge in [0.05, 0.1) is 12.2 Å². The Balaban J connectivity index is 1.62. The lowest BCUT2D eigenvalue weighted by molar-refractivity contribution is -0.134. The van der Waals surface area contributed by atoms with Gasteiger partial charge in [0.1, 0.15) is 0 Å². The van der Waals surface area contributed by atoms with Gasteiger partial charge >= 0.3 is 0 Å². The number of carbonyl (C=O) groups excluding carboxylic acids is 1. The number of hydrogen-bond acceptors (Lipinski definition) is 2. The second-order valence-corrected chi connectivity index (χ2v) is 8.05. The Bertz CT molecular complexity index is 346. The van der Waals surface area contributed by atoms with Gasteiger partial charge in [-0.1, -0.05) is 25.7 Å². The predicted octanol–water partition coefficient (Wildman–Crippen LogP) is 4.06. The second-order valence-electron chi connectivity index (χ2n) is 8.05. The molecule has 0 aromatic carbocycles. The highest BCUT2D eigenvalue weighted by Gasteiger charge is 2.37. The monoisotopic (exact) mass is 307 g/mol. The van der Waals surface area contributed by atoms with Crippen molar-refractivity contribution in [2.75, 3.05) is 0 Å². The molecule has 1 saturated heterocycles. The van der Waals surface area contributed by atoms with Crippen molar-refractivity contribution in [2.24, 2.45) is 17.8 Å². The van der Waals surface area contributed by atoms with Gasteiger partial charge in [0, 0.05) is 12.0 Å². The largest absolute Gasteiger partial charge is 0.376 e. The predicted molar refractivity (Wildman–Crippen MR) is 88.6 cm³/mol. The lowest BCUT2D eigenvalue weighted by atomic mass is 9.84. The van der Waals surface area contributed by atoms with E-state index in [1.165, 1.54) is 51.4 Å². The molecule has 0 unspecified atom stereocenters. The first kappa shape index (κ1) is 16.3. The summed E-state index contributed by atoms with van der Waals surface area (Å²) in [5.41, 5.74) is 0. The van der Waals surface area contributed by atoms with Crippen LogP contribution < -0.4 is 5.32 Å². The van der Waals surface area contributed by atoms with Crippen molar-refractivity contribution in [1.82, 2.24) is 5.32 Å². The first-order chi connectivity index (χ1) is 10.6. The first-order valence-electron chi connectivity index (χ1n) is 9.59. The minimum Gasteiger partial charge on any atom is -0.376 e. The summed E-state index contributed by atoms with van der Waals surface area (Å²) in [6.07, 6.45) is 12.9. The summed E-state index contributed by atoms with van der Waals surface area (Å²) in [5.74, 6) is 1.94. The minimum absolute atomic E-state index is 0.157. The van der Waals surface area contributed by atoms with E-state index < -0.39 is 0 Å². The molecular formula is C19H33NO2. The highest BCUT2D eigenvalue weighted by molar-refractivity contribution is 5.79. The van der Waals surface area contributed by atoms with Crippen LogP contribution >= 0.6 is 0 Å². The molecule has 126 valence electrons. The fraction of sp³-hybridized carbons (Fsp3) is 0.947. The maximum absolute atomic E-state index is 12.8. The topological polar surface area (TPSA) is 38.3 Å². The number of hydrogen-bond donors (Lipinski definition) is 1. The number of carbonyl (C=O) groups is 1. The zero-order chi connectivity index (χ0) is 15.5. The van der Waals surface area contributed by atoms with Gasteiger partial charge in [0.15, 0.2) is 0 Å². The summed E-state index contributed by atoms with van der Waals surface area (Å²) < 4.78 is 5.79. The molecule has 1 amide bonds. The van der Waals surface area contributed by atoms with Crippen LogP contribution in [0.2, 0.25) is 0 Å². The minimum atomic E-state index is 0.157. The molecule has 3 rings (SSSR count). The fourth-order valence-electron chi connectivity index (χ4n) is 5.16. The molecule has 3 aliphatic rings. The standard InChI is InChI=1S/C19H33NO2/c1-13-11-17(12-14(2)22-13)19(21)20-18(15-7-3-4-8-15)16-9-5-6-10-16/h13-18H,3-12H2,1-2H3,(H,20,21)/t13-,14-/m0/s1. The summed E-state index contributed by atoms with van der Waals surface area (Å²) in [4.78, 5) is 12.8. The Hall–Kier alpha value is -0.570. The second kappa shape index (κ2) is 7.33. The molecule has 1 N–H and O–H groups in total. The average molecular weight is 307 g/mol. The number of nitrogens with one attached hydrogen (secondary N) is 1. The Morgan fingerprint density at radius 3 is 1.82 bits per heavy atom. The Morgan fingerprint density at radius 2 is 1.36 bits per heavy atom. The average Bonchev–Trinajstić information content (AvgIpc) is 3.17. The van der Waals surface area contributed by atoms with Crippen molar-refractivity contribution < 1.29 is 9.53 Å². The van der Waals surface area contributed by atoms with Crippen LogP contribution in [0.3, 0.4) is 0 Å². The van der Waals surface area contributed by atoms with Crippen LogP contribution in [-0.4, -0.2) is 24.2 Å². The molecule has 1 heterocycles. The van der Waals surface area contributed by atoms with E-state index in [1.54, 1.807) is 0 Å². The highest BCUT2D eigenvalue weighted by Crippen LogP contribution is 2.38. The molecule has 3 nitrogen and oxygen atoms in total. The van der Waals surface area contributed by atoms with E-state index in [1.807, 2.05) is 0 Å². The molecular weight excluding hydrogens is 274 g/mol. The van der Waals surface area contributed by atoms with Crippen molar-refractivity contribution in [1.29, 1.82) is 0 Å². The lowest BCUT2D eigenvalue weighted by Crippen LogP contribution is -2.48. The van der Waals surface area contributed by atoms with Crippen molar-refractivity contribution in [3.8, 4) is 0 Å². The fourth-order valence-corrected chi connectivity index (χ4v) is 5.16. The van der Waals surface area contributed by atoms with Crippen molar-refractivity contribution in [3.63, 3.8) is 0 Å². The third-order valence-corrected chi connectivity index (χ3v) is 6.19. The van der Waals surface area contributed by atoms with Gasteiger partial charge < -0.3 is 10.1 Å². The van der Waals surface area contributed by atoms with Gasteiger partial charge in [0.25, 0.3) is 0 Å². The quantitative estimate of drug-likeness (QED) is 0.850. The summed E-state index contributed by atoms with van der Waals surface area (Å²) in [7, 11) is 0. The van der Waals surface area contributed by atoms with Crippen LogP contribution in [0, 0.1) is 17.8 Å². The smallest absolute Gasteiger partial charge is 0.223 e. The van der Waals surface area contributed by atoms with E-state index in [9.17, 15) is 4.79 Å². The molecule has 0 spiro atoms. The summed E-state index contributed by atoms with van der Waals surface area (Å²) >= 11 is 0. The Labute approximate surface area is 135 Å². The molecule has 1 aliphatic heterocycles. The van der Waals surface area contributed by atoms with Gasteiger partial charge in [-0.3, -0.25) is 4.79 Å². The molecule has 3 heteroatoms. The molecule has 0 aromatic rings. The van der Waals surface area contributed by atoms with Crippen LogP contribution in [0.25, 0.3) is 0 Å². The normalized spacial score (nSPS) is 34.4. The lowest BCUT2D eigenvalue weighted by Gasteiger charge is -2.35. The number of amides is 1. The summed E-state index contributed by atoms with van der Waals surface area (Å²) in [6.45, 7) is 4.20. The van der Waals surface area contributed by atoms with E-state index in [4.69, 9.17) is 4.74 Å². The first-order valence-corrected chi connectivity index (χ1v) is 9.59. The SMILES string of the molecule is C[C@H]1CC(C(=O)NC(C2CCCC2)C2CCCC2)C[C@H](C)O1. The van der Waals surface area contributed by atoms with Crippen molar-refractivity contribution >= 4 is 5.91 Å². The van der Waals surface area contributed by atoms with Crippen LogP contribution in [0.1, 0.15) is 78.1 Å². The maximum atomic E-state index is 12.8. The van der Waals surface area contributed by atoms with Crippen LogP contribution in [0.5, 0.6) is 0 Å². The molecule has 0 radical (unpaired) electrons. The molecule has 2 atom stereocenters. The number of ether oxygens (including phenoxy) is 1. The Kier molecular flexibility index (Phi) is 5.43. The van der Waals surface area contributed by atoms with Gasteiger partial charge in [-0.25, -0.2) is 0 Å². The van der Waals surface area contributed by atoms with Gasteiger partial charge in [-0.15, -0.1) is 0 Å². The van der Waals surface area contributed by atoms with Gasteiger partial charge in [-0.2, -0.15) is 0 Å². The van der Waals surface area contributed by atoms with E-state index in [2.05, 4.69) is 19.2 Å². The van der Waals surface area contributed by atoms with E-state index in [0.29, 0.717) is 11.9 Å². The molecule has 0 aromatic heterocycles.